The number of nitrogens with one attached hydrogen (secondary N) is 1. The van der Waals surface area contributed by atoms with Crippen LogP contribution in [0.2, 0.25) is 0 Å². The minimum atomic E-state index is -0.182. The van der Waals surface area contributed by atoms with Crippen molar-refractivity contribution in [2.75, 3.05) is 7.11 Å². The monoisotopic (exact) mass is 395 g/mol. The van der Waals surface area contributed by atoms with E-state index in [1.807, 2.05) is 30.5 Å². The number of nitrogens with zero attached hydrogens (tertiary/aromatic N) is 2. The first-order valence-corrected chi connectivity index (χ1v) is 9.74. The van der Waals surface area contributed by atoms with Gasteiger partial charge >= 0.3 is 0 Å². The van der Waals surface area contributed by atoms with Crippen LogP contribution >= 0.6 is 11.3 Å². The largest absolute Gasteiger partial charge is 0.496 e. The van der Waals surface area contributed by atoms with E-state index in [1.54, 1.807) is 24.5 Å². The summed E-state index contributed by atoms with van der Waals surface area (Å²) in [6, 6.07) is 9.23. The highest BCUT2D eigenvalue weighted by Crippen LogP contribution is 2.23. The summed E-state index contributed by atoms with van der Waals surface area (Å²) in [4.78, 5) is 33.1. The number of ketones is 1. The number of benzene rings is 1. The number of Topliss-reactive ketones (excluding diaryl/α,β-unsaturated/α-hetero) is 1. The van der Waals surface area contributed by atoms with Crippen molar-refractivity contribution in [3.05, 3.63) is 64.9 Å². The molecule has 1 aromatic carbocycles. The van der Waals surface area contributed by atoms with Crippen LogP contribution in [0.4, 0.5) is 0 Å². The molecular formula is C21H21N3O3S. The number of ether oxygens (including phenoxy) is 1. The van der Waals surface area contributed by atoms with Gasteiger partial charge in [0, 0.05) is 36.2 Å². The third-order valence-corrected chi connectivity index (χ3v) is 5.12. The van der Waals surface area contributed by atoms with E-state index >= 15 is 0 Å². The number of aryl methyl sites for hydroxylation is 1. The van der Waals surface area contributed by atoms with Gasteiger partial charge in [-0.25, -0.2) is 4.98 Å². The molecule has 7 heteroatoms. The summed E-state index contributed by atoms with van der Waals surface area (Å²) < 4.78 is 5.24. The number of thiazole rings is 1. The SMILES string of the molecule is COc1ccc(C)cc1C(=O)CCC(=O)NCc1csc(-c2ccncc2)n1. The van der Waals surface area contributed by atoms with Crippen molar-refractivity contribution in [2.24, 2.45) is 0 Å². The Labute approximate surface area is 167 Å². The van der Waals surface area contributed by atoms with Crippen LogP contribution in [0.5, 0.6) is 5.75 Å². The topological polar surface area (TPSA) is 81.2 Å². The summed E-state index contributed by atoms with van der Waals surface area (Å²) in [5, 5.41) is 5.62. The third-order valence-electron chi connectivity index (χ3n) is 4.18. The predicted molar refractivity (Wildman–Crippen MR) is 108 cm³/mol. The predicted octanol–water partition coefficient (Wildman–Crippen LogP) is 3.80. The van der Waals surface area contributed by atoms with Crippen LogP contribution in [-0.4, -0.2) is 28.8 Å². The van der Waals surface area contributed by atoms with Crippen LogP contribution in [0.25, 0.3) is 10.6 Å². The molecule has 0 unspecified atom stereocenters. The molecule has 144 valence electrons. The lowest BCUT2D eigenvalue weighted by Crippen LogP contribution is -2.23. The van der Waals surface area contributed by atoms with Crippen LogP contribution < -0.4 is 10.1 Å². The van der Waals surface area contributed by atoms with Crippen molar-refractivity contribution < 1.29 is 14.3 Å². The number of pyridine rings is 1. The summed E-state index contributed by atoms with van der Waals surface area (Å²) in [6.07, 6.45) is 3.69. The molecule has 0 saturated carbocycles. The fourth-order valence-corrected chi connectivity index (χ4v) is 3.52. The Hall–Kier alpha value is -3.06. The Kier molecular flexibility index (Phi) is 6.49. The zero-order valence-corrected chi connectivity index (χ0v) is 16.6. The van der Waals surface area contributed by atoms with E-state index in [0.29, 0.717) is 17.9 Å². The highest BCUT2D eigenvalue weighted by molar-refractivity contribution is 7.13. The first-order chi connectivity index (χ1) is 13.6. The smallest absolute Gasteiger partial charge is 0.220 e. The van der Waals surface area contributed by atoms with Crippen molar-refractivity contribution in [1.29, 1.82) is 0 Å². The normalized spacial score (nSPS) is 10.5. The molecule has 0 spiro atoms. The molecule has 2 aromatic heterocycles. The van der Waals surface area contributed by atoms with Crippen LogP contribution in [0.1, 0.15) is 34.5 Å². The van der Waals surface area contributed by atoms with Crippen LogP contribution in [0, 0.1) is 6.92 Å². The lowest BCUT2D eigenvalue weighted by molar-refractivity contribution is -0.121. The molecule has 0 saturated heterocycles. The molecule has 28 heavy (non-hydrogen) atoms. The average Bonchev–Trinajstić information content (AvgIpc) is 3.20. The summed E-state index contributed by atoms with van der Waals surface area (Å²) in [7, 11) is 1.53. The molecule has 1 N–H and O–H groups in total. The van der Waals surface area contributed by atoms with Crippen molar-refractivity contribution in [3.63, 3.8) is 0 Å². The van der Waals surface area contributed by atoms with Crippen LogP contribution in [0.15, 0.2) is 48.1 Å². The Balaban J connectivity index is 1.51. The molecule has 6 nitrogen and oxygen atoms in total. The number of carbonyl (C=O) groups excluding carboxylic acids is 2. The molecule has 1 amide bonds. The highest BCUT2D eigenvalue weighted by atomic mass is 32.1. The number of methoxy groups -OCH3 is 1. The number of aromatic nitrogens is 2. The fourth-order valence-electron chi connectivity index (χ4n) is 2.69. The quantitative estimate of drug-likeness (QED) is 0.587. The first-order valence-electron chi connectivity index (χ1n) is 8.86. The lowest BCUT2D eigenvalue weighted by atomic mass is 10.0. The zero-order valence-electron chi connectivity index (χ0n) is 15.8. The van der Waals surface area contributed by atoms with Gasteiger partial charge in [-0.05, 0) is 31.2 Å². The van der Waals surface area contributed by atoms with Crippen LogP contribution in [-0.2, 0) is 11.3 Å². The van der Waals surface area contributed by atoms with E-state index < -0.39 is 0 Å². The average molecular weight is 395 g/mol. The Morgan fingerprint density at radius 2 is 1.93 bits per heavy atom. The zero-order chi connectivity index (χ0) is 19.9. The molecule has 0 aliphatic heterocycles. The first kappa shape index (κ1) is 19.7. The van der Waals surface area contributed by atoms with Gasteiger partial charge in [-0.15, -0.1) is 11.3 Å². The van der Waals surface area contributed by atoms with Crippen molar-refractivity contribution in [2.45, 2.75) is 26.3 Å². The molecule has 0 bridgehead atoms. The summed E-state index contributed by atoms with van der Waals surface area (Å²) in [5.41, 5.74) is 3.27. The van der Waals surface area contributed by atoms with E-state index in [0.717, 1.165) is 21.8 Å². The number of amides is 1. The summed E-state index contributed by atoms with van der Waals surface area (Å²) in [6.45, 7) is 2.25. The minimum Gasteiger partial charge on any atom is -0.496 e. The van der Waals surface area contributed by atoms with Gasteiger partial charge in [0.2, 0.25) is 5.91 Å². The maximum Gasteiger partial charge on any atom is 0.220 e. The molecule has 2 heterocycles. The minimum absolute atomic E-state index is 0.107. The van der Waals surface area contributed by atoms with E-state index in [-0.39, 0.29) is 24.5 Å². The maximum atomic E-state index is 12.4. The Morgan fingerprint density at radius 1 is 1.14 bits per heavy atom. The molecule has 0 radical (unpaired) electrons. The van der Waals surface area contributed by atoms with Crippen LogP contribution in [0.3, 0.4) is 0 Å². The van der Waals surface area contributed by atoms with Gasteiger partial charge < -0.3 is 10.1 Å². The van der Waals surface area contributed by atoms with Gasteiger partial charge in [0.1, 0.15) is 10.8 Å². The van der Waals surface area contributed by atoms with E-state index in [4.69, 9.17) is 4.74 Å². The second-order valence-corrected chi connectivity index (χ2v) is 7.14. The van der Waals surface area contributed by atoms with E-state index in [9.17, 15) is 9.59 Å². The van der Waals surface area contributed by atoms with Gasteiger partial charge in [0.05, 0.1) is 24.9 Å². The molecule has 0 fully saturated rings. The number of carbonyl (C=O) groups is 2. The lowest BCUT2D eigenvalue weighted by Gasteiger charge is -2.08. The van der Waals surface area contributed by atoms with E-state index in [1.165, 1.54) is 18.4 Å². The Bertz CT molecular complexity index is 970. The van der Waals surface area contributed by atoms with Crippen molar-refractivity contribution in [3.8, 4) is 16.3 Å². The van der Waals surface area contributed by atoms with E-state index in [2.05, 4.69) is 15.3 Å². The van der Waals surface area contributed by atoms with Gasteiger partial charge in [-0.1, -0.05) is 11.6 Å². The van der Waals surface area contributed by atoms with Gasteiger partial charge in [0.15, 0.2) is 5.78 Å². The number of hydrogen-bond acceptors (Lipinski definition) is 6. The maximum absolute atomic E-state index is 12.4. The van der Waals surface area contributed by atoms with Gasteiger partial charge in [-0.3, -0.25) is 14.6 Å². The van der Waals surface area contributed by atoms with Gasteiger partial charge in [-0.2, -0.15) is 0 Å². The van der Waals surface area contributed by atoms with Crippen molar-refractivity contribution >= 4 is 23.0 Å². The highest BCUT2D eigenvalue weighted by Gasteiger charge is 2.14. The standard InChI is InChI=1S/C21H21N3O3S/c1-14-3-5-19(27-2)17(11-14)18(25)4-6-20(26)23-12-16-13-28-21(24-16)15-7-9-22-10-8-15/h3,5,7-11,13H,4,6,12H2,1-2H3,(H,23,26). The summed E-state index contributed by atoms with van der Waals surface area (Å²) in [5.74, 6) is 0.241. The van der Waals surface area contributed by atoms with Gasteiger partial charge in [0.25, 0.3) is 0 Å². The second kappa shape index (κ2) is 9.23. The third kappa shape index (κ3) is 5.01. The molecule has 0 atom stereocenters. The fraction of sp³-hybridized carbons (Fsp3) is 0.238. The van der Waals surface area contributed by atoms with Crippen molar-refractivity contribution in [1.82, 2.24) is 15.3 Å². The second-order valence-electron chi connectivity index (χ2n) is 6.28. The molecule has 3 rings (SSSR count). The molecule has 0 aliphatic rings. The molecular weight excluding hydrogens is 374 g/mol. The summed E-state index contributed by atoms with van der Waals surface area (Å²) >= 11 is 1.52. The molecule has 0 aliphatic carbocycles. The molecule has 3 aromatic rings. The number of hydrogen-bond donors (Lipinski definition) is 1. The number of rotatable bonds is 8. The Morgan fingerprint density at radius 3 is 2.68 bits per heavy atom.